The molecule has 1 unspecified atom stereocenters. The van der Waals surface area contributed by atoms with Gasteiger partial charge in [-0.05, 0) is 30.5 Å². The molecule has 0 fully saturated rings. The molecule has 0 aliphatic rings. The minimum absolute atomic E-state index is 0.124. The van der Waals surface area contributed by atoms with E-state index in [9.17, 15) is 4.79 Å². The molecule has 1 amide bonds. The van der Waals surface area contributed by atoms with E-state index in [1.54, 1.807) is 12.1 Å². The third kappa shape index (κ3) is 3.53. The summed E-state index contributed by atoms with van der Waals surface area (Å²) in [6.07, 6.45) is 1.54. The molecule has 0 saturated carbocycles. The number of hydrogen-bond donors (Lipinski definition) is 2. The molecule has 1 aromatic rings. The molecule has 0 aromatic heterocycles. The second-order valence-corrected chi connectivity index (χ2v) is 4.58. The average molecular weight is 305 g/mol. The lowest BCUT2D eigenvalue weighted by molar-refractivity contribution is -0.117. The average Bonchev–Trinajstić information content (AvgIpc) is 2.16. The molecule has 76 valence electrons. The van der Waals surface area contributed by atoms with Crippen molar-refractivity contribution >= 4 is 28.5 Å². The quantitative estimate of drug-likeness (QED) is 0.656. The van der Waals surface area contributed by atoms with Crippen LogP contribution in [-0.4, -0.2) is 14.9 Å². The standard InChI is InChI=1S/C10H12INO2/c11-9(10(12)14)6-3-7-1-4-8(13)5-2-7/h1-2,4-5,9,13H,3,6H2,(H2,12,14). The zero-order valence-corrected chi connectivity index (χ0v) is 9.77. The van der Waals surface area contributed by atoms with E-state index in [0.29, 0.717) is 0 Å². The number of nitrogens with two attached hydrogens (primary N) is 1. The minimum Gasteiger partial charge on any atom is -0.508 e. The summed E-state index contributed by atoms with van der Waals surface area (Å²) in [4.78, 5) is 10.7. The summed E-state index contributed by atoms with van der Waals surface area (Å²) in [6.45, 7) is 0. The molecule has 1 atom stereocenters. The van der Waals surface area contributed by atoms with Crippen LogP contribution in [0.2, 0.25) is 0 Å². The molecule has 0 spiro atoms. The van der Waals surface area contributed by atoms with Crippen LogP contribution in [-0.2, 0) is 11.2 Å². The second-order valence-electron chi connectivity index (χ2n) is 3.08. The van der Waals surface area contributed by atoms with Gasteiger partial charge in [-0.3, -0.25) is 4.79 Å². The Kier molecular flexibility index (Phi) is 4.19. The van der Waals surface area contributed by atoms with Crippen LogP contribution < -0.4 is 5.73 Å². The third-order valence-corrected chi connectivity index (χ3v) is 3.17. The number of carbonyl (C=O) groups is 1. The maximum Gasteiger partial charge on any atom is 0.230 e. The Balaban J connectivity index is 2.46. The number of phenolic OH excluding ortho intramolecular Hbond substituents is 1. The van der Waals surface area contributed by atoms with Crippen LogP contribution in [0.5, 0.6) is 5.75 Å². The van der Waals surface area contributed by atoms with Gasteiger partial charge in [0.05, 0.1) is 3.92 Å². The summed E-state index contributed by atoms with van der Waals surface area (Å²) >= 11 is 2.04. The highest BCUT2D eigenvalue weighted by atomic mass is 127. The summed E-state index contributed by atoms with van der Waals surface area (Å²) in [5.41, 5.74) is 6.24. The number of carbonyl (C=O) groups excluding carboxylic acids is 1. The second kappa shape index (κ2) is 5.19. The molecule has 0 radical (unpaired) electrons. The van der Waals surface area contributed by atoms with Crippen LogP contribution in [0, 0.1) is 0 Å². The van der Waals surface area contributed by atoms with Crippen LogP contribution in [0.25, 0.3) is 0 Å². The smallest absolute Gasteiger partial charge is 0.230 e. The Hall–Kier alpha value is -0.780. The molecule has 0 aliphatic carbocycles. The summed E-state index contributed by atoms with van der Waals surface area (Å²) in [5.74, 6) is -0.0148. The van der Waals surface area contributed by atoms with Gasteiger partial charge in [-0.1, -0.05) is 34.7 Å². The zero-order chi connectivity index (χ0) is 10.6. The van der Waals surface area contributed by atoms with Gasteiger partial charge >= 0.3 is 0 Å². The Morgan fingerprint density at radius 2 is 2.00 bits per heavy atom. The maximum atomic E-state index is 10.7. The SMILES string of the molecule is NC(=O)C(I)CCc1ccc(O)cc1. The molecule has 0 saturated heterocycles. The van der Waals surface area contributed by atoms with Gasteiger partial charge in [0.1, 0.15) is 5.75 Å². The number of rotatable bonds is 4. The number of aryl methyl sites for hydroxylation is 1. The van der Waals surface area contributed by atoms with Gasteiger partial charge in [0.2, 0.25) is 5.91 Å². The van der Waals surface area contributed by atoms with Crippen LogP contribution in [0.4, 0.5) is 0 Å². The van der Waals surface area contributed by atoms with Crippen molar-refractivity contribution in [2.45, 2.75) is 16.8 Å². The Bertz CT molecular complexity index is 310. The molecule has 0 bridgehead atoms. The van der Waals surface area contributed by atoms with Gasteiger partial charge in [-0.2, -0.15) is 0 Å². The topological polar surface area (TPSA) is 63.3 Å². The highest BCUT2D eigenvalue weighted by molar-refractivity contribution is 14.1. The third-order valence-electron chi connectivity index (χ3n) is 1.93. The van der Waals surface area contributed by atoms with Crippen molar-refractivity contribution < 1.29 is 9.90 Å². The molecule has 1 rings (SSSR count). The van der Waals surface area contributed by atoms with Crippen molar-refractivity contribution in [1.82, 2.24) is 0 Å². The van der Waals surface area contributed by atoms with Crippen LogP contribution in [0.1, 0.15) is 12.0 Å². The number of halogens is 1. The van der Waals surface area contributed by atoms with Crippen molar-refractivity contribution in [3.8, 4) is 5.75 Å². The lowest BCUT2D eigenvalue weighted by Gasteiger charge is -2.05. The minimum atomic E-state index is -0.274. The van der Waals surface area contributed by atoms with E-state index in [4.69, 9.17) is 10.8 Å². The lowest BCUT2D eigenvalue weighted by atomic mass is 10.1. The highest BCUT2D eigenvalue weighted by Crippen LogP contribution is 2.14. The van der Waals surface area contributed by atoms with Crippen LogP contribution in [0.3, 0.4) is 0 Å². The van der Waals surface area contributed by atoms with Crippen molar-refractivity contribution in [2.24, 2.45) is 5.73 Å². The van der Waals surface area contributed by atoms with Gasteiger partial charge < -0.3 is 10.8 Å². The number of aromatic hydroxyl groups is 1. The van der Waals surface area contributed by atoms with Crippen molar-refractivity contribution in [3.63, 3.8) is 0 Å². The van der Waals surface area contributed by atoms with Crippen molar-refractivity contribution in [3.05, 3.63) is 29.8 Å². The molecule has 0 heterocycles. The lowest BCUT2D eigenvalue weighted by Crippen LogP contribution is -2.23. The first-order valence-electron chi connectivity index (χ1n) is 4.31. The molecule has 14 heavy (non-hydrogen) atoms. The largest absolute Gasteiger partial charge is 0.508 e. The van der Waals surface area contributed by atoms with Crippen LogP contribution in [0.15, 0.2) is 24.3 Å². The zero-order valence-electron chi connectivity index (χ0n) is 7.61. The highest BCUT2D eigenvalue weighted by Gasteiger charge is 2.09. The summed E-state index contributed by atoms with van der Waals surface area (Å²) < 4.78 is -0.124. The first-order chi connectivity index (χ1) is 6.59. The maximum absolute atomic E-state index is 10.7. The monoisotopic (exact) mass is 305 g/mol. The fourth-order valence-corrected chi connectivity index (χ4v) is 1.41. The fraction of sp³-hybridized carbons (Fsp3) is 0.300. The predicted octanol–water partition coefficient (Wildman–Crippen LogP) is 1.61. The number of phenols is 1. The molecule has 1 aromatic carbocycles. The number of amides is 1. The van der Waals surface area contributed by atoms with E-state index < -0.39 is 0 Å². The Labute approximate surface area is 96.4 Å². The van der Waals surface area contributed by atoms with E-state index in [2.05, 4.69) is 0 Å². The molecule has 3 N–H and O–H groups in total. The summed E-state index contributed by atoms with van der Waals surface area (Å²) in [7, 11) is 0. The van der Waals surface area contributed by atoms with Gasteiger partial charge in [0, 0.05) is 0 Å². The van der Waals surface area contributed by atoms with E-state index in [1.165, 1.54) is 0 Å². The fourth-order valence-electron chi connectivity index (χ4n) is 1.10. The summed E-state index contributed by atoms with van der Waals surface area (Å²) in [6, 6.07) is 6.98. The normalized spacial score (nSPS) is 12.4. The molecule has 0 aliphatic heterocycles. The number of benzene rings is 1. The van der Waals surface area contributed by atoms with Crippen LogP contribution >= 0.6 is 22.6 Å². The van der Waals surface area contributed by atoms with E-state index in [-0.39, 0.29) is 15.6 Å². The Morgan fingerprint density at radius 3 is 2.50 bits per heavy atom. The molecular formula is C10H12INO2. The van der Waals surface area contributed by atoms with E-state index in [0.717, 1.165) is 18.4 Å². The molecule has 4 heteroatoms. The van der Waals surface area contributed by atoms with E-state index >= 15 is 0 Å². The predicted molar refractivity (Wildman–Crippen MR) is 63.4 cm³/mol. The molecular weight excluding hydrogens is 293 g/mol. The van der Waals surface area contributed by atoms with Crippen molar-refractivity contribution in [1.29, 1.82) is 0 Å². The van der Waals surface area contributed by atoms with E-state index in [1.807, 2.05) is 34.7 Å². The Morgan fingerprint density at radius 1 is 1.43 bits per heavy atom. The number of alkyl halides is 1. The van der Waals surface area contributed by atoms with Gasteiger partial charge in [-0.15, -0.1) is 0 Å². The van der Waals surface area contributed by atoms with Gasteiger partial charge in [0.15, 0.2) is 0 Å². The number of primary amides is 1. The molecule has 3 nitrogen and oxygen atoms in total. The van der Waals surface area contributed by atoms with Gasteiger partial charge in [-0.25, -0.2) is 0 Å². The number of hydrogen-bond acceptors (Lipinski definition) is 2. The van der Waals surface area contributed by atoms with Gasteiger partial charge in [0.25, 0.3) is 0 Å². The first-order valence-corrected chi connectivity index (χ1v) is 5.55. The first kappa shape index (κ1) is 11.3. The van der Waals surface area contributed by atoms with Crippen molar-refractivity contribution in [2.75, 3.05) is 0 Å². The summed E-state index contributed by atoms with van der Waals surface area (Å²) in [5, 5.41) is 9.05.